The van der Waals surface area contributed by atoms with Crippen LogP contribution in [0.1, 0.15) is 44.9 Å². The molecular formula is C27H31ClN6O3. The molecule has 9 nitrogen and oxygen atoms in total. The van der Waals surface area contributed by atoms with Crippen LogP contribution in [0.5, 0.6) is 5.75 Å². The Labute approximate surface area is 219 Å². The first kappa shape index (κ1) is 23.1. The van der Waals surface area contributed by atoms with Crippen molar-refractivity contribution in [2.45, 2.75) is 69.2 Å². The van der Waals surface area contributed by atoms with Gasteiger partial charge in [-0.3, -0.25) is 4.79 Å². The van der Waals surface area contributed by atoms with Gasteiger partial charge in [0.05, 0.1) is 30.1 Å². The van der Waals surface area contributed by atoms with Gasteiger partial charge >= 0.3 is 0 Å². The van der Waals surface area contributed by atoms with E-state index < -0.39 is 0 Å². The Morgan fingerprint density at radius 3 is 2.70 bits per heavy atom. The molecule has 194 valence electrons. The van der Waals surface area contributed by atoms with E-state index in [1.54, 1.807) is 17.8 Å². The first-order valence-electron chi connectivity index (χ1n) is 13.3. The molecule has 10 heteroatoms. The molecule has 0 amide bonds. The van der Waals surface area contributed by atoms with Crippen molar-refractivity contribution in [3.63, 3.8) is 0 Å². The fourth-order valence-corrected chi connectivity index (χ4v) is 6.59. The Balaban J connectivity index is 1.25. The summed E-state index contributed by atoms with van der Waals surface area (Å²) in [5, 5.41) is 18.6. The third-order valence-electron chi connectivity index (χ3n) is 8.48. The SMILES string of the molecule is Cn1c(=O)c2c(c3cc(Nc4nc(N5[C@@H]6CC[C@H]5C[C@H](O)C6)ncc4Cl)ccc31)N[C@@H](C1CC1)CCO2. The number of rotatable bonds is 4. The number of fused-ring (bicyclic) bond motifs is 5. The van der Waals surface area contributed by atoms with E-state index in [2.05, 4.69) is 20.5 Å². The number of aromatic nitrogens is 3. The van der Waals surface area contributed by atoms with Gasteiger partial charge in [-0.15, -0.1) is 0 Å². The molecule has 1 saturated carbocycles. The summed E-state index contributed by atoms with van der Waals surface area (Å²) in [5.41, 5.74) is 2.29. The van der Waals surface area contributed by atoms with Crippen LogP contribution in [0.15, 0.2) is 29.2 Å². The lowest BCUT2D eigenvalue weighted by molar-refractivity contribution is 0.125. The number of ether oxygens (including phenoxy) is 1. The van der Waals surface area contributed by atoms with E-state index in [9.17, 15) is 9.90 Å². The van der Waals surface area contributed by atoms with Gasteiger partial charge in [0.15, 0.2) is 5.82 Å². The molecule has 0 radical (unpaired) electrons. The zero-order valence-electron chi connectivity index (χ0n) is 20.8. The second kappa shape index (κ2) is 8.77. The summed E-state index contributed by atoms with van der Waals surface area (Å²) in [5.74, 6) is 2.21. The molecule has 4 aliphatic rings. The van der Waals surface area contributed by atoms with Crippen LogP contribution < -0.4 is 25.8 Å². The molecule has 4 atom stereocenters. The lowest BCUT2D eigenvalue weighted by atomic mass is 10.0. The average molecular weight is 523 g/mol. The molecular weight excluding hydrogens is 492 g/mol. The number of aliphatic hydroxyl groups excluding tert-OH is 1. The predicted molar refractivity (Wildman–Crippen MR) is 144 cm³/mol. The van der Waals surface area contributed by atoms with E-state index in [1.165, 1.54) is 12.8 Å². The summed E-state index contributed by atoms with van der Waals surface area (Å²) < 4.78 is 7.63. The van der Waals surface area contributed by atoms with Crippen molar-refractivity contribution < 1.29 is 9.84 Å². The molecule has 1 aliphatic carbocycles. The maximum atomic E-state index is 13.1. The Kier molecular flexibility index (Phi) is 5.48. The third-order valence-corrected chi connectivity index (χ3v) is 8.76. The summed E-state index contributed by atoms with van der Waals surface area (Å²) in [6.07, 6.45) is 8.29. The summed E-state index contributed by atoms with van der Waals surface area (Å²) in [6, 6.07) is 6.73. The van der Waals surface area contributed by atoms with Crippen molar-refractivity contribution in [1.29, 1.82) is 0 Å². The van der Waals surface area contributed by atoms with Gasteiger partial charge < -0.3 is 29.9 Å². The number of anilines is 4. The van der Waals surface area contributed by atoms with Gasteiger partial charge in [-0.25, -0.2) is 4.98 Å². The number of aliphatic hydroxyl groups is 1. The van der Waals surface area contributed by atoms with E-state index in [4.69, 9.17) is 21.3 Å². The van der Waals surface area contributed by atoms with Crippen molar-refractivity contribution in [1.82, 2.24) is 14.5 Å². The van der Waals surface area contributed by atoms with Crippen LogP contribution >= 0.6 is 11.6 Å². The molecule has 2 bridgehead atoms. The summed E-state index contributed by atoms with van der Waals surface area (Å²) in [4.78, 5) is 24.7. The van der Waals surface area contributed by atoms with Crippen molar-refractivity contribution in [2.24, 2.45) is 13.0 Å². The molecule has 0 unspecified atom stereocenters. The van der Waals surface area contributed by atoms with Crippen LogP contribution in [-0.4, -0.2) is 50.5 Å². The average Bonchev–Trinajstić information content (AvgIpc) is 3.71. The standard InChI is InChI=1S/C27H31ClN6O3/c1-33-22-7-4-15(10-19(22)23-24(26(33)36)37-9-8-21(31-23)14-2-3-14)30-25-20(28)13-29-27(32-25)34-16-5-6-17(34)12-18(35)11-16/h4,7,10,13-14,16-18,21,31,35H,2-3,5-6,8-9,11-12H2,1H3,(H,29,30,32)/t16-,17+,18-,21-/m1/s1. The molecule has 3 N–H and O–H groups in total. The smallest absolute Gasteiger partial charge is 0.295 e. The number of benzene rings is 1. The van der Waals surface area contributed by atoms with Gasteiger partial charge in [-0.1, -0.05) is 11.6 Å². The summed E-state index contributed by atoms with van der Waals surface area (Å²) >= 11 is 6.53. The molecule has 1 aromatic carbocycles. The van der Waals surface area contributed by atoms with Crippen LogP contribution in [0, 0.1) is 5.92 Å². The first-order chi connectivity index (χ1) is 18.0. The minimum Gasteiger partial charge on any atom is -0.486 e. The zero-order chi connectivity index (χ0) is 25.3. The molecule has 5 heterocycles. The Morgan fingerprint density at radius 2 is 1.95 bits per heavy atom. The third kappa shape index (κ3) is 3.99. The number of nitrogens with zero attached hydrogens (tertiary/aromatic N) is 4. The van der Waals surface area contributed by atoms with E-state index >= 15 is 0 Å². The van der Waals surface area contributed by atoms with Crippen molar-refractivity contribution >= 4 is 45.6 Å². The van der Waals surface area contributed by atoms with Gasteiger partial charge in [0.1, 0.15) is 5.02 Å². The van der Waals surface area contributed by atoms with Gasteiger partial charge in [0, 0.05) is 42.7 Å². The second-order valence-corrected chi connectivity index (χ2v) is 11.3. The van der Waals surface area contributed by atoms with Gasteiger partial charge in [0.25, 0.3) is 5.56 Å². The van der Waals surface area contributed by atoms with Crippen LogP contribution in [0.25, 0.3) is 10.9 Å². The number of hydrogen-bond acceptors (Lipinski definition) is 8. The Morgan fingerprint density at radius 1 is 1.16 bits per heavy atom. The largest absolute Gasteiger partial charge is 0.486 e. The van der Waals surface area contributed by atoms with E-state index in [0.29, 0.717) is 41.1 Å². The summed E-state index contributed by atoms with van der Waals surface area (Å²) in [7, 11) is 1.78. The maximum Gasteiger partial charge on any atom is 0.295 e. The number of piperidine rings is 1. The van der Waals surface area contributed by atoms with Gasteiger partial charge in [0.2, 0.25) is 11.7 Å². The fraction of sp³-hybridized carbons (Fsp3) is 0.519. The van der Waals surface area contributed by atoms with E-state index in [-0.39, 0.29) is 23.7 Å². The van der Waals surface area contributed by atoms with Crippen LogP contribution in [0.2, 0.25) is 5.02 Å². The monoisotopic (exact) mass is 522 g/mol. The predicted octanol–water partition coefficient (Wildman–Crippen LogP) is 4.19. The summed E-state index contributed by atoms with van der Waals surface area (Å²) in [6.45, 7) is 0.536. The van der Waals surface area contributed by atoms with Gasteiger partial charge in [-0.2, -0.15) is 4.98 Å². The number of pyridine rings is 1. The molecule has 3 aliphatic heterocycles. The van der Waals surface area contributed by atoms with Crippen molar-refractivity contribution in [3.05, 3.63) is 39.8 Å². The van der Waals surface area contributed by atoms with E-state index in [1.807, 2.05) is 18.2 Å². The first-order valence-corrected chi connectivity index (χ1v) is 13.7. The van der Waals surface area contributed by atoms with Crippen LogP contribution in [-0.2, 0) is 7.05 Å². The molecule has 2 aromatic heterocycles. The lowest BCUT2D eigenvalue weighted by Gasteiger charge is -2.37. The second-order valence-electron chi connectivity index (χ2n) is 10.9. The topological polar surface area (TPSA) is 105 Å². The molecule has 3 aromatic rings. The highest BCUT2D eigenvalue weighted by Gasteiger charge is 2.41. The molecule has 3 fully saturated rings. The lowest BCUT2D eigenvalue weighted by Crippen LogP contribution is -2.45. The highest BCUT2D eigenvalue weighted by Crippen LogP contribution is 2.42. The Hall–Kier alpha value is -3.04. The quantitative estimate of drug-likeness (QED) is 0.468. The van der Waals surface area contributed by atoms with Crippen LogP contribution in [0.4, 0.5) is 23.1 Å². The van der Waals surface area contributed by atoms with E-state index in [0.717, 1.165) is 54.4 Å². The zero-order valence-corrected chi connectivity index (χ0v) is 21.5. The van der Waals surface area contributed by atoms with Crippen molar-refractivity contribution in [2.75, 3.05) is 22.1 Å². The normalized spacial score (nSPS) is 26.8. The van der Waals surface area contributed by atoms with Crippen LogP contribution in [0.3, 0.4) is 0 Å². The van der Waals surface area contributed by atoms with Crippen molar-refractivity contribution in [3.8, 4) is 5.75 Å². The van der Waals surface area contributed by atoms with Gasteiger partial charge in [-0.05, 0) is 62.6 Å². The molecule has 7 rings (SSSR count). The number of nitrogens with one attached hydrogen (secondary N) is 2. The highest BCUT2D eigenvalue weighted by atomic mass is 35.5. The minimum absolute atomic E-state index is 0.128. The Bertz CT molecular complexity index is 1430. The number of halogens is 1. The highest BCUT2D eigenvalue weighted by molar-refractivity contribution is 6.33. The maximum absolute atomic E-state index is 13.1. The molecule has 2 saturated heterocycles. The molecule has 37 heavy (non-hydrogen) atoms. The number of aryl methyl sites for hydroxylation is 1. The number of hydrogen-bond donors (Lipinski definition) is 3. The molecule has 0 spiro atoms. The fourth-order valence-electron chi connectivity index (χ4n) is 6.45. The minimum atomic E-state index is -0.251.